The van der Waals surface area contributed by atoms with Gasteiger partial charge in [-0.25, -0.2) is 9.97 Å². The lowest BCUT2D eigenvalue weighted by molar-refractivity contribution is -0.394. The zero-order chi connectivity index (χ0) is 11.7. The quantitative estimate of drug-likeness (QED) is 0.431. The number of rotatable bonds is 2. The Kier molecular flexibility index (Phi) is 3.09. The maximum atomic E-state index is 10.5. The molecule has 0 aliphatic heterocycles. The Morgan fingerprint density at radius 3 is 2.56 bits per heavy atom. The van der Waals surface area contributed by atoms with Crippen molar-refractivity contribution >= 4 is 44.5 Å². The Morgan fingerprint density at radius 1 is 1.44 bits per heavy atom. The maximum absolute atomic E-state index is 10.5. The zero-order valence-electron chi connectivity index (χ0n) is 7.41. The Bertz CT molecular complexity index is 540. The fraction of sp³-hybridized carbons (Fsp3) is 0. The van der Waals surface area contributed by atoms with Crippen molar-refractivity contribution in [2.75, 3.05) is 0 Å². The average molecular weight is 397 g/mol. The van der Waals surface area contributed by atoms with Gasteiger partial charge in [-0.2, -0.15) is 0 Å². The van der Waals surface area contributed by atoms with Crippen LogP contribution in [0.5, 0.6) is 0 Å². The van der Waals surface area contributed by atoms with Crippen LogP contribution in [0.15, 0.2) is 17.1 Å². The van der Waals surface area contributed by atoms with Crippen molar-refractivity contribution in [3.8, 4) is 5.95 Å². The van der Waals surface area contributed by atoms with Gasteiger partial charge in [0.1, 0.15) is 0 Å². The number of nitrogens with zero attached hydrogens (tertiary/aromatic N) is 6. The second-order valence-electron chi connectivity index (χ2n) is 2.55. The summed E-state index contributed by atoms with van der Waals surface area (Å²) in [5, 5.41) is 14.1. The van der Waals surface area contributed by atoms with Crippen molar-refractivity contribution in [2.45, 2.75) is 0 Å². The molecule has 2 aromatic heterocycles. The first-order valence-electron chi connectivity index (χ1n) is 3.83. The minimum Gasteiger partial charge on any atom is -0.390 e. The molecule has 10 heteroatoms. The topological polar surface area (TPSA) is 99.6 Å². The van der Waals surface area contributed by atoms with Gasteiger partial charge in [0.25, 0.3) is 10.7 Å². The van der Waals surface area contributed by atoms with Gasteiger partial charge in [0.2, 0.25) is 0 Å². The van der Waals surface area contributed by atoms with Crippen LogP contribution in [-0.4, -0.2) is 29.7 Å². The largest absolute Gasteiger partial charge is 0.492 e. The minimum atomic E-state index is -0.687. The molecule has 2 rings (SSSR count). The predicted molar refractivity (Wildman–Crippen MR) is 64.0 cm³/mol. The molecule has 0 aromatic carbocycles. The third kappa shape index (κ3) is 2.16. The summed E-state index contributed by atoms with van der Waals surface area (Å²) < 4.78 is 2.18. The van der Waals surface area contributed by atoms with Gasteiger partial charge >= 0.3 is 5.95 Å². The molecule has 2 aromatic rings. The summed E-state index contributed by atoms with van der Waals surface area (Å²) in [5.41, 5.74) is 0. The smallest absolute Gasteiger partial charge is 0.390 e. The van der Waals surface area contributed by atoms with Crippen LogP contribution < -0.4 is 0 Å². The third-order valence-corrected chi connectivity index (χ3v) is 2.59. The van der Waals surface area contributed by atoms with Crippen LogP contribution >= 0.6 is 38.5 Å². The first kappa shape index (κ1) is 11.3. The van der Waals surface area contributed by atoms with Crippen molar-refractivity contribution in [1.82, 2.24) is 24.7 Å². The summed E-state index contributed by atoms with van der Waals surface area (Å²) >= 11 is 5.09. The molecule has 2 heterocycles. The van der Waals surface area contributed by atoms with Gasteiger partial charge in [0.05, 0.1) is 0 Å². The highest BCUT2D eigenvalue weighted by Crippen LogP contribution is 2.15. The SMILES string of the molecule is O=[N+]([O-])c1nc(Br)n(-c2ncc(I)cn2)n1. The maximum Gasteiger partial charge on any atom is 0.492 e. The molecule has 0 fully saturated rings. The van der Waals surface area contributed by atoms with Crippen LogP contribution in [0.2, 0.25) is 0 Å². The molecule has 0 atom stereocenters. The summed E-state index contributed by atoms with van der Waals surface area (Å²) in [4.78, 5) is 21.3. The molecule has 0 saturated carbocycles. The van der Waals surface area contributed by atoms with E-state index in [0.717, 1.165) is 8.25 Å². The number of hydrogen-bond donors (Lipinski definition) is 0. The van der Waals surface area contributed by atoms with Crippen molar-refractivity contribution in [2.24, 2.45) is 0 Å². The molecule has 16 heavy (non-hydrogen) atoms. The van der Waals surface area contributed by atoms with Gasteiger partial charge in [-0.1, -0.05) is 4.68 Å². The van der Waals surface area contributed by atoms with E-state index in [1.54, 1.807) is 12.4 Å². The van der Waals surface area contributed by atoms with E-state index in [0.29, 0.717) is 0 Å². The van der Waals surface area contributed by atoms with Crippen LogP contribution in [-0.2, 0) is 0 Å². The Balaban J connectivity index is 2.47. The van der Waals surface area contributed by atoms with Crippen molar-refractivity contribution in [3.63, 3.8) is 0 Å². The molecular weight excluding hydrogens is 395 g/mol. The Hall–Kier alpha value is -1.17. The molecule has 0 aliphatic carbocycles. The van der Waals surface area contributed by atoms with Gasteiger partial charge in [-0.3, -0.25) is 0 Å². The molecule has 0 amide bonds. The van der Waals surface area contributed by atoms with E-state index in [2.05, 4.69) is 58.6 Å². The lowest BCUT2D eigenvalue weighted by atomic mass is 10.7. The molecule has 82 valence electrons. The highest BCUT2D eigenvalue weighted by atomic mass is 127. The molecule has 0 unspecified atom stereocenters. The highest BCUT2D eigenvalue weighted by Gasteiger charge is 2.21. The van der Waals surface area contributed by atoms with Gasteiger partial charge in [-0.15, -0.1) is 0 Å². The average Bonchev–Trinajstić information content (AvgIpc) is 2.62. The van der Waals surface area contributed by atoms with E-state index >= 15 is 0 Å². The van der Waals surface area contributed by atoms with Crippen molar-refractivity contribution in [1.29, 1.82) is 0 Å². The molecule has 0 radical (unpaired) electrons. The summed E-state index contributed by atoms with van der Waals surface area (Å²) in [5.74, 6) is -0.290. The molecule has 0 aliphatic rings. The second kappa shape index (κ2) is 4.37. The summed E-state index contributed by atoms with van der Waals surface area (Å²) in [6, 6.07) is 0. The Labute approximate surface area is 111 Å². The first-order chi connectivity index (χ1) is 7.58. The van der Waals surface area contributed by atoms with Crippen LogP contribution in [0, 0.1) is 13.7 Å². The predicted octanol–water partition coefficient (Wildman–Crippen LogP) is 1.33. The minimum absolute atomic E-state index is 0.181. The summed E-state index contributed by atoms with van der Waals surface area (Å²) in [7, 11) is 0. The number of aromatic nitrogens is 5. The molecule has 0 spiro atoms. The van der Waals surface area contributed by atoms with Crippen LogP contribution in [0.25, 0.3) is 5.95 Å². The standard InChI is InChI=1S/C6H2BrIN6O2/c7-4-11-6(14(15)16)12-13(4)5-9-1-3(8)2-10-5/h1-2H. The van der Waals surface area contributed by atoms with E-state index in [1.165, 1.54) is 0 Å². The lowest BCUT2D eigenvalue weighted by Crippen LogP contribution is -2.03. The second-order valence-corrected chi connectivity index (χ2v) is 4.51. The molecule has 0 N–H and O–H groups in total. The number of halogens is 2. The molecule has 0 saturated heterocycles. The lowest BCUT2D eigenvalue weighted by Gasteiger charge is -1.94. The number of nitro groups is 1. The highest BCUT2D eigenvalue weighted by molar-refractivity contribution is 14.1. The van der Waals surface area contributed by atoms with Crippen LogP contribution in [0.4, 0.5) is 5.95 Å². The Morgan fingerprint density at radius 2 is 2.06 bits per heavy atom. The van der Waals surface area contributed by atoms with E-state index in [-0.39, 0.29) is 10.7 Å². The first-order valence-corrected chi connectivity index (χ1v) is 5.70. The molecular formula is C6H2BrIN6O2. The third-order valence-electron chi connectivity index (χ3n) is 1.52. The monoisotopic (exact) mass is 396 g/mol. The number of hydrogen-bond acceptors (Lipinski definition) is 6. The van der Waals surface area contributed by atoms with Crippen LogP contribution in [0.3, 0.4) is 0 Å². The van der Waals surface area contributed by atoms with Gasteiger partial charge in [0.15, 0.2) is 0 Å². The molecule has 8 nitrogen and oxygen atoms in total. The van der Waals surface area contributed by atoms with E-state index < -0.39 is 10.9 Å². The zero-order valence-corrected chi connectivity index (χ0v) is 11.2. The van der Waals surface area contributed by atoms with Gasteiger partial charge in [0, 0.05) is 37.0 Å². The van der Waals surface area contributed by atoms with E-state index in [4.69, 9.17) is 0 Å². The van der Waals surface area contributed by atoms with Crippen LogP contribution in [0.1, 0.15) is 0 Å². The fourth-order valence-corrected chi connectivity index (χ4v) is 1.58. The van der Waals surface area contributed by atoms with Gasteiger partial charge < -0.3 is 10.1 Å². The van der Waals surface area contributed by atoms with E-state index in [1.807, 2.05) is 0 Å². The fourth-order valence-electron chi connectivity index (χ4n) is 0.902. The van der Waals surface area contributed by atoms with Crippen molar-refractivity contribution < 1.29 is 4.92 Å². The molecule has 0 bridgehead atoms. The normalized spacial score (nSPS) is 10.4. The summed E-state index contributed by atoms with van der Waals surface area (Å²) in [6.07, 6.45) is 3.14. The van der Waals surface area contributed by atoms with E-state index in [9.17, 15) is 10.1 Å². The van der Waals surface area contributed by atoms with Gasteiger partial charge in [-0.05, 0) is 32.5 Å². The van der Waals surface area contributed by atoms with Crippen molar-refractivity contribution in [3.05, 3.63) is 30.8 Å². The summed E-state index contributed by atoms with van der Waals surface area (Å²) in [6.45, 7) is 0.